The van der Waals surface area contributed by atoms with Crippen LogP contribution in [0, 0.1) is 0 Å². The summed E-state index contributed by atoms with van der Waals surface area (Å²) in [6.07, 6.45) is 0. The van der Waals surface area contributed by atoms with Crippen LogP contribution in [-0.2, 0) is 13.2 Å². The highest BCUT2D eigenvalue weighted by molar-refractivity contribution is 9.10. The molecule has 0 saturated heterocycles. The molecule has 0 unspecified atom stereocenters. The summed E-state index contributed by atoms with van der Waals surface area (Å²) in [5, 5.41) is 8.21. The van der Waals surface area contributed by atoms with Crippen LogP contribution in [0.1, 0.15) is 4.88 Å². The van der Waals surface area contributed by atoms with E-state index in [0.717, 1.165) is 15.9 Å². The minimum absolute atomic E-state index is 0.377. The molecule has 3 aromatic heterocycles. The van der Waals surface area contributed by atoms with Gasteiger partial charge >= 0.3 is 5.76 Å². The number of thiophene rings is 2. The van der Waals surface area contributed by atoms with Gasteiger partial charge in [0, 0.05) is 21.3 Å². The zero-order valence-corrected chi connectivity index (χ0v) is 14.4. The molecule has 0 N–H and O–H groups in total. The second-order valence-corrected chi connectivity index (χ2v) is 7.40. The van der Waals surface area contributed by atoms with Crippen LogP contribution >= 0.6 is 38.6 Å². The second kappa shape index (κ2) is 6.27. The highest BCUT2D eigenvalue weighted by atomic mass is 79.9. The first-order valence-electron chi connectivity index (χ1n) is 6.15. The molecule has 5 nitrogen and oxygen atoms in total. The van der Waals surface area contributed by atoms with Crippen molar-refractivity contribution in [3.05, 3.63) is 48.9 Å². The van der Waals surface area contributed by atoms with Gasteiger partial charge in [0.25, 0.3) is 5.89 Å². The highest BCUT2D eigenvalue weighted by Crippen LogP contribution is 2.22. The summed E-state index contributed by atoms with van der Waals surface area (Å²) in [4.78, 5) is 15.9. The fourth-order valence-electron chi connectivity index (χ4n) is 1.88. The summed E-state index contributed by atoms with van der Waals surface area (Å²) in [5.74, 6) is -0.0557. The second-order valence-electron chi connectivity index (χ2n) is 4.54. The number of nitrogens with zero attached hydrogens (tertiary/aromatic N) is 3. The Kier molecular flexibility index (Phi) is 4.39. The Bertz CT molecular complexity index is 776. The lowest BCUT2D eigenvalue weighted by Gasteiger charge is -2.13. The van der Waals surface area contributed by atoms with E-state index in [4.69, 9.17) is 4.42 Å². The van der Waals surface area contributed by atoms with Crippen LogP contribution in [0.4, 0.5) is 0 Å². The largest absolute Gasteiger partial charge is 0.438 e. The topological polar surface area (TPSA) is 51.3 Å². The number of aromatic nitrogens is 2. The fourth-order valence-corrected chi connectivity index (χ4v) is 4.05. The quantitative estimate of drug-likeness (QED) is 0.674. The Morgan fingerprint density at radius 2 is 2.33 bits per heavy atom. The van der Waals surface area contributed by atoms with Crippen molar-refractivity contribution in [2.24, 2.45) is 0 Å². The lowest BCUT2D eigenvalue weighted by Crippen LogP contribution is -2.27. The molecule has 0 aromatic carbocycles. The van der Waals surface area contributed by atoms with Crippen LogP contribution < -0.4 is 5.76 Å². The maximum Gasteiger partial charge on any atom is 0.438 e. The Balaban J connectivity index is 1.71. The molecule has 3 aromatic rings. The van der Waals surface area contributed by atoms with Crippen molar-refractivity contribution in [2.45, 2.75) is 13.2 Å². The first-order chi connectivity index (χ1) is 10.1. The lowest BCUT2D eigenvalue weighted by molar-refractivity contribution is 0.238. The molecule has 0 bridgehead atoms. The summed E-state index contributed by atoms with van der Waals surface area (Å²) < 4.78 is 7.61. The normalized spacial score (nSPS) is 11.4. The smallest absolute Gasteiger partial charge is 0.387 e. The molecule has 21 heavy (non-hydrogen) atoms. The van der Waals surface area contributed by atoms with E-state index in [1.165, 1.54) is 20.9 Å². The third kappa shape index (κ3) is 3.52. The van der Waals surface area contributed by atoms with Crippen LogP contribution in [0.15, 0.2) is 42.6 Å². The van der Waals surface area contributed by atoms with Gasteiger partial charge < -0.3 is 4.42 Å². The predicted octanol–water partition coefficient (Wildman–Crippen LogP) is 3.48. The van der Waals surface area contributed by atoms with Gasteiger partial charge in [0.2, 0.25) is 0 Å². The third-order valence-electron chi connectivity index (χ3n) is 2.76. The van der Waals surface area contributed by atoms with Crippen molar-refractivity contribution in [3.63, 3.8) is 0 Å². The standard InChI is InChI=1S/C13H12BrN3O2S2/c1-16(6-10-5-9(14)7-21-10)8-17-13(18)19-12(15-17)11-3-2-4-20-11/h2-5,7H,6,8H2,1H3. The zero-order chi connectivity index (χ0) is 14.8. The van der Waals surface area contributed by atoms with Gasteiger partial charge in [-0.15, -0.1) is 27.8 Å². The number of hydrogen-bond acceptors (Lipinski definition) is 6. The summed E-state index contributed by atoms with van der Waals surface area (Å²) in [7, 11) is 1.94. The van der Waals surface area contributed by atoms with Gasteiger partial charge in [0.05, 0.1) is 4.88 Å². The van der Waals surface area contributed by atoms with E-state index < -0.39 is 5.76 Å². The Morgan fingerprint density at radius 3 is 3.00 bits per heavy atom. The molecule has 0 atom stereocenters. The molecule has 110 valence electrons. The van der Waals surface area contributed by atoms with E-state index in [2.05, 4.69) is 27.1 Å². The fraction of sp³-hybridized carbons (Fsp3) is 0.231. The molecule has 0 aliphatic rings. The Labute approximate surface area is 137 Å². The molecule has 0 saturated carbocycles. The van der Waals surface area contributed by atoms with Crippen LogP contribution in [-0.4, -0.2) is 21.7 Å². The summed E-state index contributed by atoms with van der Waals surface area (Å²) >= 11 is 6.61. The van der Waals surface area contributed by atoms with E-state index in [1.54, 1.807) is 11.3 Å². The van der Waals surface area contributed by atoms with Gasteiger partial charge in [-0.25, -0.2) is 4.79 Å². The molecule has 3 heterocycles. The van der Waals surface area contributed by atoms with E-state index in [0.29, 0.717) is 12.6 Å². The summed E-state index contributed by atoms with van der Waals surface area (Å²) in [6.45, 7) is 1.15. The number of halogens is 1. The average molecular weight is 386 g/mol. The molecule has 0 amide bonds. The maximum atomic E-state index is 11.8. The van der Waals surface area contributed by atoms with Crippen molar-refractivity contribution in [2.75, 3.05) is 7.05 Å². The highest BCUT2D eigenvalue weighted by Gasteiger charge is 2.13. The number of hydrogen-bond donors (Lipinski definition) is 0. The van der Waals surface area contributed by atoms with Crippen molar-refractivity contribution >= 4 is 38.6 Å². The van der Waals surface area contributed by atoms with Crippen molar-refractivity contribution in [1.29, 1.82) is 0 Å². The van der Waals surface area contributed by atoms with Crippen LogP contribution in [0.5, 0.6) is 0 Å². The Hall–Kier alpha value is -1.22. The minimum Gasteiger partial charge on any atom is -0.387 e. The van der Waals surface area contributed by atoms with Crippen LogP contribution in [0.3, 0.4) is 0 Å². The first kappa shape index (κ1) is 14.7. The monoisotopic (exact) mass is 385 g/mol. The van der Waals surface area contributed by atoms with Crippen LogP contribution in [0.2, 0.25) is 0 Å². The number of rotatable bonds is 5. The van der Waals surface area contributed by atoms with Gasteiger partial charge in [0.1, 0.15) is 6.67 Å². The molecule has 0 aliphatic carbocycles. The molecule has 3 rings (SSSR count). The lowest BCUT2D eigenvalue weighted by atomic mass is 10.4. The van der Waals surface area contributed by atoms with E-state index in [9.17, 15) is 4.79 Å². The van der Waals surface area contributed by atoms with Gasteiger partial charge in [-0.2, -0.15) is 4.68 Å². The van der Waals surface area contributed by atoms with Gasteiger partial charge in [-0.3, -0.25) is 4.90 Å². The SMILES string of the molecule is CN(Cc1cc(Br)cs1)Cn1nc(-c2cccs2)oc1=O. The average Bonchev–Trinajstić information content (AvgIpc) is 3.13. The predicted molar refractivity (Wildman–Crippen MR) is 87.6 cm³/mol. The molecular weight excluding hydrogens is 374 g/mol. The molecule has 8 heteroatoms. The maximum absolute atomic E-state index is 11.8. The summed E-state index contributed by atoms with van der Waals surface area (Å²) in [6, 6.07) is 5.86. The van der Waals surface area contributed by atoms with Gasteiger partial charge in [0.15, 0.2) is 0 Å². The molecule has 0 spiro atoms. The molecule has 0 radical (unpaired) electrons. The summed E-state index contributed by atoms with van der Waals surface area (Å²) in [5.41, 5.74) is 0. The van der Waals surface area contributed by atoms with E-state index >= 15 is 0 Å². The van der Waals surface area contributed by atoms with Crippen molar-refractivity contribution < 1.29 is 4.42 Å². The van der Waals surface area contributed by atoms with Crippen molar-refractivity contribution in [1.82, 2.24) is 14.7 Å². The van der Waals surface area contributed by atoms with Gasteiger partial charge in [-0.1, -0.05) is 6.07 Å². The van der Waals surface area contributed by atoms with E-state index in [-0.39, 0.29) is 0 Å². The Morgan fingerprint density at radius 1 is 1.48 bits per heavy atom. The molecule has 0 fully saturated rings. The molecule has 0 aliphatic heterocycles. The minimum atomic E-state index is -0.433. The molecular formula is C13H12BrN3O2S2. The zero-order valence-electron chi connectivity index (χ0n) is 11.2. The first-order valence-corrected chi connectivity index (χ1v) is 8.70. The van der Waals surface area contributed by atoms with Crippen molar-refractivity contribution in [3.8, 4) is 10.8 Å². The van der Waals surface area contributed by atoms with E-state index in [1.807, 2.05) is 34.8 Å². The third-order valence-corrected chi connectivity index (χ3v) is 5.30. The van der Waals surface area contributed by atoms with Crippen LogP contribution in [0.25, 0.3) is 10.8 Å². The van der Waals surface area contributed by atoms with Gasteiger partial charge in [-0.05, 0) is 40.5 Å².